The van der Waals surface area contributed by atoms with Crippen LogP contribution in [0.1, 0.15) is 68.4 Å². The number of rotatable bonds is 10. The molecule has 0 bridgehead atoms. The number of alkyl carbamates (subject to hydrolysis) is 1. The van der Waals surface area contributed by atoms with Gasteiger partial charge in [-0.3, -0.25) is 20.3 Å². The average Bonchev–Trinajstić information content (AvgIpc) is 2.98. The van der Waals surface area contributed by atoms with Gasteiger partial charge in [0, 0.05) is 28.9 Å². The Balaban J connectivity index is 1.67. The van der Waals surface area contributed by atoms with Crippen LogP contribution in [0.5, 0.6) is 0 Å². The third-order valence-corrected chi connectivity index (χ3v) is 6.57. The zero-order valence-corrected chi connectivity index (χ0v) is 26.9. The molecular formula is C36H42N4O5. The predicted octanol–water partition coefficient (Wildman–Crippen LogP) is 6.49. The van der Waals surface area contributed by atoms with Crippen molar-refractivity contribution in [2.75, 3.05) is 23.4 Å². The molecular weight excluding hydrogens is 568 g/mol. The number of carbonyl (C=O) groups excluding carboxylic acids is 3. The van der Waals surface area contributed by atoms with Crippen LogP contribution in [0, 0.1) is 31.1 Å². The summed E-state index contributed by atoms with van der Waals surface area (Å²) in [7, 11) is 0. The molecule has 0 spiro atoms. The number of aryl methyl sites for hydroxylation is 2. The van der Waals surface area contributed by atoms with E-state index in [4.69, 9.17) is 14.9 Å². The molecule has 0 aliphatic rings. The smallest absolute Gasteiger partial charge is 0.413 e. The molecule has 3 aromatic carbocycles. The van der Waals surface area contributed by atoms with E-state index in [1.54, 1.807) is 44.7 Å². The molecule has 0 fully saturated rings. The highest BCUT2D eigenvalue weighted by Gasteiger charge is 2.21. The first kappa shape index (κ1) is 34.4. The Hall–Kier alpha value is -5.10. The highest BCUT2D eigenvalue weighted by Crippen LogP contribution is 2.27. The zero-order valence-electron chi connectivity index (χ0n) is 26.9. The normalized spacial score (nSPS) is 10.6. The second kappa shape index (κ2) is 16.1. The maximum Gasteiger partial charge on any atom is 0.413 e. The van der Waals surface area contributed by atoms with Gasteiger partial charge in [-0.25, -0.2) is 4.79 Å². The van der Waals surface area contributed by atoms with Gasteiger partial charge in [0.05, 0.1) is 26.1 Å². The number of esters is 1. The Bertz CT molecular complexity index is 1570. The molecule has 3 N–H and O–H groups in total. The number of benzene rings is 3. The summed E-state index contributed by atoms with van der Waals surface area (Å²) in [5.41, 5.74) is 5.17. The van der Waals surface area contributed by atoms with Gasteiger partial charge in [-0.15, -0.1) is 0 Å². The van der Waals surface area contributed by atoms with Crippen molar-refractivity contribution in [3.05, 3.63) is 94.5 Å². The summed E-state index contributed by atoms with van der Waals surface area (Å²) in [6.07, 6.45) is -0.589. The molecule has 0 saturated heterocycles. The first-order valence-electron chi connectivity index (χ1n) is 14.9. The van der Waals surface area contributed by atoms with E-state index >= 15 is 0 Å². The van der Waals surface area contributed by atoms with Crippen molar-refractivity contribution in [1.29, 1.82) is 5.41 Å². The molecule has 0 saturated carbocycles. The van der Waals surface area contributed by atoms with Crippen LogP contribution in [0.25, 0.3) is 0 Å². The summed E-state index contributed by atoms with van der Waals surface area (Å²) >= 11 is 0. The Morgan fingerprint density at radius 3 is 2.27 bits per heavy atom. The highest BCUT2D eigenvalue weighted by molar-refractivity contribution is 6.04. The molecule has 0 atom stereocenters. The number of amides is 2. The number of nitrogens with zero attached hydrogens (tertiary/aromatic N) is 1. The molecule has 0 heterocycles. The summed E-state index contributed by atoms with van der Waals surface area (Å²) in [5, 5.41) is 13.8. The summed E-state index contributed by atoms with van der Waals surface area (Å²) in [6, 6.07) is 20.8. The van der Waals surface area contributed by atoms with Gasteiger partial charge in [0.25, 0.3) is 0 Å². The minimum atomic E-state index is -0.673. The number of ether oxygens (including phenoxy) is 2. The summed E-state index contributed by atoms with van der Waals surface area (Å²) in [6.45, 7) is 12.0. The van der Waals surface area contributed by atoms with Crippen molar-refractivity contribution >= 4 is 35.2 Å². The number of hydrogen-bond donors (Lipinski definition) is 3. The minimum absolute atomic E-state index is 0.0286. The van der Waals surface area contributed by atoms with E-state index in [1.807, 2.05) is 68.4 Å². The SMILES string of the molecule is CCOC(=O)CCC(=O)N(Cc1ccccc1)c1cc(C)c(C#CCNc2ccc(C(=N)NC(=O)OC(C)(C)C)cc2)cc1C. The van der Waals surface area contributed by atoms with Crippen LogP contribution in [-0.4, -0.2) is 42.6 Å². The summed E-state index contributed by atoms with van der Waals surface area (Å²) in [5.74, 6) is 5.78. The maximum atomic E-state index is 13.4. The molecule has 9 nitrogen and oxygen atoms in total. The van der Waals surface area contributed by atoms with Crippen LogP contribution >= 0.6 is 0 Å². The molecule has 236 valence electrons. The van der Waals surface area contributed by atoms with Gasteiger partial charge < -0.3 is 19.7 Å². The number of anilines is 2. The standard InChI is InChI=1S/C36H42N4O5/c1-7-44-33(42)20-19-32(41)40(24-27-12-9-8-10-13-27)31-23-25(2)29(22-26(31)3)14-11-21-38-30-17-15-28(16-18-30)34(37)39-35(43)45-36(4,5)6/h8-10,12-13,15-18,22-23,38H,7,19-21,24H2,1-6H3,(H2,37,39,43). The van der Waals surface area contributed by atoms with Crippen molar-refractivity contribution in [2.24, 2.45) is 0 Å². The monoisotopic (exact) mass is 610 g/mol. The topological polar surface area (TPSA) is 121 Å². The van der Waals surface area contributed by atoms with Gasteiger partial charge in [0.15, 0.2) is 0 Å². The Morgan fingerprint density at radius 2 is 1.62 bits per heavy atom. The van der Waals surface area contributed by atoms with E-state index in [0.717, 1.165) is 33.6 Å². The molecule has 0 radical (unpaired) electrons. The summed E-state index contributed by atoms with van der Waals surface area (Å²) < 4.78 is 10.2. The molecule has 0 aromatic heterocycles. The third kappa shape index (κ3) is 11.2. The lowest BCUT2D eigenvalue weighted by molar-refractivity contribution is -0.144. The second-order valence-corrected chi connectivity index (χ2v) is 11.5. The fraction of sp³-hybridized carbons (Fsp3) is 0.333. The third-order valence-electron chi connectivity index (χ3n) is 6.57. The van der Waals surface area contributed by atoms with Crippen molar-refractivity contribution in [2.45, 2.75) is 66.5 Å². The van der Waals surface area contributed by atoms with Crippen molar-refractivity contribution in [3.8, 4) is 11.8 Å². The number of hydrogen-bond acceptors (Lipinski definition) is 7. The van der Waals surface area contributed by atoms with E-state index < -0.39 is 11.7 Å². The minimum Gasteiger partial charge on any atom is -0.466 e. The van der Waals surface area contributed by atoms with Gasteiger partial charge >= 0.3 is 12.1 Å². The fourth-order valence-electron chi connectivity index (χ4n) is 4.40. The Kier molecular flexibility index (Phi) is 12.3. The molecule has 0 aliphatic carbocycles. The second-order valence-electron chi connectivity index (χ2n) is 11.5. The number of carbonyl (C=O) groups is 3. The molecule has 0 unspecified atom stereocenters. The van der Waals surface area contributed by atoms with Gasteiger partial charge in [0.1, 0.15) is 11.4 Å². The average molecular weight is 611 g/mol. The molecule has 2 amide bonds. The zero-order chi connectivity index (χ0) is 33.0. The number of nitrogens with one attached hydrogen (secondary N) is 3. The Morgan fingerprint density at radius 1 is 0.933 bits per heavy atom. The molecule has 3 rings (SSSR count). The van der Waals surface area contributed by atoms with Crippen molar-refractivity contribution in [3.63, 3.8) is 0 Å². The van der Waals surface area contributed by atoms with Crippen LogP contribution in [-0.2, 0) is 25.6 Å². The van der Waals surface area contributed by atoms with E-state index in [9.17, 15) is 14.4 Å². The quantitative estimate of drug-likeness (QED) is 0.104. The lowest BCUT2D eigenvalue weighted by atomic mass is 10.0. The van der Waals surface area contributed by atoms with Crippen LogP contribution in [0.4, 0.5) is 16.2 Å². The summed E-state index contributed by atoms with van der Waals surface area (Å²) in [4.78, 5) is 38.9. The molecule has 45 heavy (non-hydrogen) atoms. The first-order valence-corrected chi connectivity index (χ1v) is 14.9. The van der Waals surface area contributed by atoms with Crippen molar-refractivity contribution < 1.29 is 23.9 Å². The number of amidine groups is 1. The van der Waals surface area contributed by atoms with E-state index in [2.05, 4.69) is 22.5 Å². The van der Waals surface area contributed by atoms with Gasteiger partial charge in [-0.2, -0.15) is 0 Å². The van der Waals surface area contributed by atoms with Crippen molar-refractivity contribution in [1.82, 2.24) is 5.32 Å². The van der Waals surface area contributed by atoms with E-state index in [-0.39, 0.29) is 37.2 Å². The predicted molar refractivity (Wildman–Crippen MR) is 177 cm³/mol. The van der Waals surface area contributed by atoms with Gasteiger partial charge in [-0.05, 0) is 94.6 Å². The molecule has 0 aliphatic heterocycles. The lowest BCUT2D eigenvalue weighted by Gasteiger charge is -2.26. The van der Waals surface area contributed by atoms with Crippen LogP contribution in [0.2, 0.25) is 0 Å². The fourth-order valence-corrected chi connectivity index (χ4v) is 4.40. The maximum absolute atomic E-state index is 13.4. The van der Waals surface area contributed by atoms with E-state index in [0.29, 0.717) is 18.7 Å². The largest absolute Gasteiger partial charge is 0.466 e. The Labute approximate surface area is 265 Å². The molecule has 3 aromatic rings. The van der Waals surface area contributed by atoms with Crippen LogP contribution < -0.4 is 15.5 Å². The van der Waals surface area contributed by atoms with Crippen LogP contribution in [0.15, 0.2) is 66.7 Å². The van der Waals surface area contributed by atoms with E-state index in [1.165, 1.54) is 0 Å². The molecule has 9 heteroatoms. The van der Waals surface area contributed by atoms with Crippen LogP contribution in [0.3, 0.4) is 0 Å². The highest BCUT2D eigenvalue weighted by atomic mass is 16.6. The van der Waals surface area contributed by atoms with Gasteiger partial charge in [-0.1, -0.05) is 42.2 Å². The van der Waals surface area contributed by atoms with Gasteiger partial charge in [0.2, 0.25) is 5.91 Å². The first-order chi connectivity index (χ1) is 21.4. The lowest BCUT2D eigenvalue weighted by Crippen LogP contribution is -2.36.